The molecule has 0 spiro atoms. The third-order valence-corrected chi connectivity index (χ3v) is 6.31. The molecular formula is C30H26ClN7O6. The van der Waals surface area contributed by atoms with Gasteiger partial charge in [-0.1, -0.05) is 11.6 Å². The van der Waals surface area contributed by atoms with Gasteiger partial charge in [-0.25, -0.2) is 0 Å². The van der Waals surface area contributed by atoms with Gasteiger partial charge in [0, 0.05) is 47.4 Å². The maximum absolute atomic E-state index is 5.75. The van der Waals surface area contributed by atoms with Crippen LogP contribution in [0.15, 0.2) is 73.1 Å². The maximum Gasteiger partial charge on any atom is 0.239 e. The summed E-state index contributed by atoms with van der Waals surface area (Å²) >= 11 is 5.71. The van der Waals surface area contributed by atoms with Gasteiger partial charge in [-0.05, 0) is 36.4 Å². The van der Waals surface area contributed by atoms with Crippen molar-refractivity contribution in [1.29, 1.82) is 0 Å². The molecule has 44 heavy (non-hydrogen) atoms. The standard InChI is InChI=1S/C15H12ClN3O3.C15H14N4O3/c2*1-20-12-7-9-10(8-13(12)21-2)17-6-5-11(9)22-15-4-3-14(16)18-19-15/h3-8H,1-2H3;3-8H,1-2H3,(H2,16,18). The predicted molar refractivity (Wildman–Crippen MR) is 163 cm³/mol. The minimum atomic E-state index is 0.304. The number of fused-ring (bicyclic) bond motifs is 2. The Hall–Kier alpha value is -5.69. The first-order valence-electron chi connectivity index (χ1n) is 12.9. The number of pyridine rings is 2. The molecule has 0 bridgehead atoms. The lowest BCUT2D eigenvalue weighted by Gasteiger charge is -2.11. The van der Waals surface area contributed by atoms with Crippen molar-refractivity contribution in [2.24, 2.45) is 0 Å². The summed E-state index contributed by atoms with van der Waals surface area (Å²) in [7, 11) is 6.30. The SMILES string of the molecule is COc1cc2nccc(Oc3ccc(Cl)nn3)c2cc1OC.COc1cc2nccc(Oc3ccc(N)nn3)c2cc1OC. The second kappa shape index (κ2) is 13.5. The number of nitrogens with zero attached hydrogens (tertiary/aromatic N) is 6. The Balaban J connectivity index is 0.000000175. The highest BCUT2D eigenvalue weighted by Gasteiger charge is 2.13. The van der Waals surface area contributed by atoms with E-state index in [0.717, 1.165) is 21.8 Å². The van der Waals surface area contributed by atoms with Gasteiger partial charge in [0.15, 0.2) is 28.2 Å². The minimum absolute atomic E-state index is 0.304. The summed E-state index contributed by atoms with van der Waals surface area (Å²) in [5.41, 5.74) is 6.95. The number of methoxy groups -OCH3 is 4. The Morgan fingerprint density at radius 3 is 1.39 bits per heavy atom. The highest BCUT2D eigenvalue weighted by Crippen LogP contribution is 2.37. The van der Waals surface area contributed by atoms with Crippen LogP contribution >= 0.6 is 11.6 Å². The third-order valence-electron chi connectivity index (χ3n) is 6.11. The van der Waals surface area contributed by atoms with Crippen LogP contribution in [-0.4, -0.2) is 58.8 Å². The zero-order chi connectivity index (χ0) is 31.1. The third kappa shape index (κ3) is 6.68. The quantitative estimate of drug-likeness (QED) is 0.216. The molecule has 4 heterocycles. The van der Waals surface area contributed by atoms with E-state index in [4.69, 9.17) is 45.8 Å². The van der Waals surface area contributed by atoms with E-state index in [1.54, 1.807) is 101 Å². The van der Waals surface area contributed by atoms with Gasteiger partial charge in [0.1, 0.15) is 17.3 Å². The number of hydrogen-bond acceptors (Lipinski definition) is 13. The van der Waals surface area contributed by atoms with E-state index in [-0.39, 0.29) is 0 Å². The molecular weight excluding hydrogens is 590 g/mol. The molecule has 0 amide bonds. The molecule has 2 N–H and O–H groups in total. The molecule has 2 aromatic carbocycles. The molecule has 0 atom stereocenters. The Labute approximate surface area is 256 Å². The lowest BCUT2D eigenvalue weighted by atomic mass is 10.2. The van der Waals surface area contributed by atoms with Crippen molar-refractivity contribution < 1.29 is 28.4 Å². The van der Waals surface area contributed by atoms with Gasteiger partial charge in [-0.3, -0.25) is 9.97 Å². The number of halogens is 1. The zero-order valence-corrected chi connectivity index (χ0v) is 24.8. The van der Waals surface area contributed by atoms with Crippen molar-refractivity contribution in [3.63, 3.8) is 0 Å². The number of nitrogen functional groups attached to an aromatic ring is 1. The van der Waals surface area contributed by atoms with Crippen LogP contribution < -0.4 is 34.2 Å². The Bertz CT molecular complexity index is 1750. The first-order chi connectivity index (χ1) is 21.4. The predicted octanol–water partition coefficient (Wildman–Crippen LogP) is 5.90. The minimum Gasteiger partial charge on any atom is -0.493 e. The van der Waals surface area contributed by atoms with Gasteiger partial charge in [-0.15, -0.1) is 20.4 Å². The number of benzene rings is 2. The molecule has 4 aromatic heterocycles. The highest BCUT2D eigenvalue weighted by molar-refractivity contribution is 6.29. The van der Waals surface area contributed by atoms with E-state index < -0.39 is 0 Å². The van der Waals surface area contributed by atoms with Crippen LogP contribution in [0, 0.1) is 0 Å². The zero-order valence-electron chi connectivity index (χ0n) is 24.0. The summed E-state index contributed by atoms with van der Waals surface area (Å²) in [4.78, 5) is 8.62. The summed E-state index contributed by atoms with van der Waals surface area (Å²) in [6.45, 7) is 0. The molecule has 224 valence electrons. The first-order valence-corrected chi connectivity index (χ1v) is 13.3. The summed E-state index contributed by atoms with van der Waals surface area (Å²) in [5, 5.41) is 17.1. The Morgan fingerprint density at radius 1 is 0.523 bits per heavy atom. The fourth-order valence-electron chi connectivity index (χ4n) is 4.04. The molecule has 6 aromatic rings. The smallest absolute Gasteiger partial charge is 0.239 e. The lowest BCUT2D eigenvalue weighted by Crippen LogP contribution is -1.96. The Morgan fingerprint density at radius 2 is 0.977 bits per heavy atom. The van der Waals surface area contributed by atoms with E-state index in [0.29, 0.717) is 57.2 Å². The number of aromatic nitrogens is 6. The molecule has 14 heteroatoms. The van der Waals surface area contributed by atoms with E-state index in [1.165, 1.54) is 0 Å². The van der Waals surface area contributed by atoms with E-state index >= 15 is 0 Å². The van der Waals surface area contributed by atoms with Gasteiger partial charge in [-0.2, -0.15) is 0 Å². The summed E-state index contributed by atoms with van der Waals surface area (Å²) in [6, 6.07) is 17.2. The molecule has 0 fully saturated rings. The van der Waals surface area contributed by atoms with Crippen LogP contribution in [0.3, 0.4) is 0 Å². The van der Waals surface area contributed by atoms with Gasteiger partial charge in [0.05, 0.1) is 39.5 Å². The molecule has 0 aliphatic rings. The maximum atomic E-state index is 5.75. The average Bonchev–Trinajstić information content (AvgIpc) is 3.06. The molecule has 6 rings (SSSR count). The van der Waals surface area contributed by atoms with Gasteiger partial charge in [0.2, 0.25) is 11.8 Å². The van der Waals surface area contributed by atoms with Crippen molar-refractivity contribution in [2.45, 2.75) is 0 Å². The van der Waals surface area contributed by atoms with Crippen molar-refractivity contribution >= 4 is 39.2 Å². The molecule has 0 radical (unpaired) electrons. The van der Waals surface area contributed by atoms with Gasteiger partial charge < -0.3 is 34.2 Å². The van der Waals surface area contributed by atoms with E-state index in [9.17, 15) is 0 Å². The van der Waals surface area contributed by atoms with Crippen LogP contribution in [0.25, 0.3) is 21.8 Å². The van der Waals surface area contributed by atoms with Crippen LogP contribution in [0.4, 0.5) is 5.82 Å². The number of rotatable bonds is 8. The number of nitrogens with two attached hydrogens (primary N) is 1. The molecule has 0 aliphatic carbocycles. The molecule has 13 nitrogen and oxygen atoms in total. The lowest BCUT2D eigenvalue weighted by molar-refractivity contribution is 0.355. The van der Waals surface area contributed by atoms with E-state index in [2.05, 4.69) is 30.4 Å². The summed E-state index contributed by atoms with van der Waals surface area (Å²) < 4.78 is 32.7. The molecule has 0 saturated carbocycles. The number of ether oxygens (including phenoxy) is 6. The Kier molecular flexibility index (Phi) is 9.16. The highest BCUT2D eigenvalue weighted by atomic mass is 35.5. The van der Waals surface area contributed by atoms with Crippen LogP contribution in [-0.2, 0) is 0 Å². The first kappa shape index (κ1) is 29.8. The van der Waals surface area contributed by atoms with Gasteiger partial charge in [0.25, 0.3) is 0 Å². The second-order valence-corrected chi connectivity index (χ2v) is 9.15. The fourth-order valence-corrected chi connectivity index (χ4v) is 4.14. The molecule has 0 aliphatic heterocycles. The topological polar surface area (TPSA) is 159 Å². The van der Waals surface area contributed by atoms with Crippen LogP contribution in [0.1, 0.15) is 0 Å². The average molecular weight is 616 g/mol. The summed E-state index contributed by atoms with van der Waals surface area (Å²) in [5.74, 6) is 4.58. The van der Waals surface area contributed by atoms with Gasteiger partial charge >= 0.3 is 0 Å². The number of anilines is 1. The van der Waals surface area contributed by atoms with E-state index in [1.807, 2.05) is 0 Å². The molecule has 0 saturated heterocycles. The van der Waals surface area contributed by atoms with Crippen molar-refractivity contribution in [3.05, 3.63) is 78.2 Å². The van der Waals surface area contributed by atoms with Crippen molar-refractivity contribution in [1.82, 2.24) is 30.4 Å². The second-order valence-electron chi connectivity index (χ2n) is 8.76. The van der Waals surface area contributed by atoms with Crippen molar-refractivity contribution in [2.75, 3.05) is 34.2 Å². The summed E-state index contributed by atoms with van der Waals surface area (Å²) in [6.07, 6.45) is 3.29. The number of hydrogen-bond donors (Lipinski definition) is 1. The monoisotopic (exact) mass is 615 g/mol. The molecule has 0 unspecified atom stereocenters. The largest absolute Gasteiger partial charge is 0.493 e. The fraction of sp³-hybridized carbons (Fsp3) is 0.133. The normalized spacial score (nSPS) is 10.5. The van der Waals surface area contributed by atoms with Crippen molar-refractivity contribution in [3.8, 4) is 46.3 Å². The van der Waals surface area contributed by atoms with Crippen LogP contribution in [0.5, 0.6) is 46.3 Å². The van der Waals surface area contributed by atoms with Crippen LogP contribution in [0.2, 0.25) is 5.15 Å².